The summed E-state index contributed by atoms with van der Waals surface area (Å²) in [5, 5.41) is 2.70. The maximum absolute atomic E-state index is 13.3. The van der Waals surface area contributed by atoms with E-state index in [1.807, 2.05) is 0 Å². The van der Waals surface area contributed by atoms with Gasteiger partial charge in [0.2, 0.25) is 11.8 Å². The summed E-state index contributed by atoms with van der Waals surface area (Å²) in [6, 6.07) is 1.59. The number of pyridine rings is 1. The molecule has 3 nitrogen and oxygen atoms in total. The van der Waals surface area contributed by atoms with Crippen LogP contribution in [0, 0.1) is 5.92 Å². The van der Waals surface area contributed by atoms with Crippen molar-refractivity contribution in [2.75, 3.05) is 5.32 Å². The number of alkyl halides is 2. The molecule has 0 aromatic carbocycles. The number of nitrogens with one attached hydrogen (secondary N) is 1. The molecule has 1 heterocycles. The Morgan fingerprint density at radius 2 is 2.32 bits per heavy atom. The van der Waals surface area contributed by atoms with Crippen LogP contribution in [0.2, 0.25) is 5.15 Å². The largest absolute Gasteiger partial charge is 0.323 e. The molecular weight excluding hydrogens is 341 g/mol. The molecule has 7 heteroatoms. The van der Waals surface area contributed by atoms with Crippen molar-refractivity contribution in [2.24, 2.45) is 5.92 Å². The van der Waals surface area contributed by atoms with Gasteiger partial charge in [-0.3, -0.25) is 4.79 Å². The number of halogens is 4. The van der Waals surface area contributed by atoms with E-state index in [0.29, 0.717) is 23.0 Å². The maximum Gasteiger partial charge on any atom is 0.248 e. The Bertz CT molecular complexity index is 499. The maximum atomic E-state index is 13.3. The molecule has 1 saturated carbocycles. The van der Waals surface area contributed by atoms with Gasteiger partial charge in [-0.25, -0.2) is 13.8 Å². The standard InChI is InChI=1S/C12H12BrClF2N2O/c13-8-4-9(10(14)17-6-8)18-11(19)7-2-1-3-12(15,16)5-7/h4,6-7H,1-3,5H2,(H,18,19). The molecule has 0 spiro atoms. The zero-order valence-corrected chi connectivity index (χ0v) is 12.3. The van der Waals surface area contributed by atoms with Gasteiger partial charge in [-0.2, -0.15) is 0 Å². The molecule has 1 aliphatic carbocycles. The van der Waals surface area contributed by atoms with Crippen molar-refractivity contribution in [2.45, 2.75) is 31.6 Å². The minimum absolute atomic E-state index is 0.138. The number of anilines is 1. The fraction of sp³-hybridized carbons (Fsp3) is 0.500. The van der Waals surface area contributed by atoms with Gasteiger partial charge in [0.15, 0.2) is 5.15 Å². The van der Waals surface area contributed by atoms with Crippen LogP contribution in [-0.4, -0.2) is 16.8 Å². The van der Waals surface area contributed by atoms with Crippen LogP contribution in [0.3, 0.4) is 0 Å². The third-order valence-electron chi connectivity index (χ3n) is 3.07. The van der Waals surface area contributed by atoms with Crippen molar-refractivity contribution in [1.82, 2.24) is 4.98 Å². The van der Waals surface area contributed by atoms with Gasteiger partial charge < -0.3 is 5.32 Å². The summed E-state index contributed by atoms with van der Waals surface area (Å²) in [7, 11) is 0. The number of amides is 1. The van der Waals surface area contributed by atoms with Crippen LogP contribution in [0.5, 0.6) is 0 Å². The minimum atomic E-state index is -2.75. The zero-order valence-electron chi connectivity index (χ0n) is 9.93. The van der Waals surface area contributed by atoms with Crippen LogP contribution >= 0.6 is 27.5 Å². The molecule has 1 amide bonds. The Balaban J connectivity index is 2.06. The fourth-order valence-corrected chi connectivity index (χ4v) is 2.62. The van der Waals surface area contributed by atoms with Crippen molar-refractivity contribution >= 4 is 39.1 Å². The third-order valence-corrected chi connectivity index (χ3v) is 3.81. The first-order chi connectivity index (χ1) is 8.87. The fourth-order valence-electron chi connectivity index (χ4n) is 2.14. The van der Waals surface area contributed by atoms with E-state index in [9.17, 15) is 13.6 Å². The van der Waals surface area contributed by atoms with Crippen molar-refractivity contribution in [3.8, 4) is 0 Å². The SMILES string of the molecule is O=C(Nc1cc(Br)cnc1Cl)C1CCCC(F)(F)C1. The molecule has 0 radical (unpaired) electrons. The van der Waals surface area contributed by atoms with E-state index in [1.54, 1.807) is 6.07 Å². The monoisotopic (exact) mass is 352 g/mol. The van der Waals surface area contributed by atoms with Gasteiger partial charge in [0.25, 0.3) is 0 Å². The zero-order chi connectivity index (χ0) is 14.0. The number of carbonyl (C=O) groups is 1. The summed E-state index contributed by atoms with van der Waals surface area (Å²) in [6.07, 6.45) is 1.77. The molecule has 0 aliphatic heterocycles. The Hall–Kier alpha value is -0.750. The number of rotatable bonds is 2. The van der Waals surface area contributed by atoms with Crippen molar-refractivity contribution < 1.29 is 13.6 Å². The Morgan fingerprint density at radius 3 is 3.00 bits per heavy atom. The lowest BCUT2D eigenvalue weighted by molar-refractivity contribution is -0.127. The second-order valence-corrected chi connectivity index (χ2v) is 5.90. The highest BCUT2D eigenvalue weighted by Crippen LogP contribution is 2.37. The van der Waals surface area contributed by atoms with Gasteiger partial charge in [-0.15, -0.1) is 0 Å². The topological polar surface area (TPSA) is 42.0 Å². The van der Waals surface area contributed by atoms with Gasteiger partial charge in [0.1, 0.15) is 0 Å². The second kappa shape index (κ2) is 5.71. The third kappa shape index (κ3) is 3.86. The highest BCUT2D eigenvalue weighted by atomic mass is 79.9. The van der Waals surface area contributed by atoms with Gasteiger partial charge in [-0.1, -0.05) is 11.6 Å². The summed E-state index contributed by atoms with van der Waals surface area (Å²) in [4.78, 5) is 15.8. The average molecular weight is 354 g/mol. The molecule has 1 aromatic heterocycles. The lowest BCUT2D eigenvalue weighted by atomic mass is 9.86. The molecule has 19 heavy (non-hydrogen) atoms. The molecule has 104 valence electrons. The average Bonchev–Trinajstić information content (AvgIpc) is 2.32. The van der Waals surface area contributed by atoms with E-state index in [1.165, 1.54) is 6.20 Å². The predicted octanol–water partition coefficient (Wildman–Crippen LogP) is 4.26. The minimum Gasteiger partial charge on any atom is -0.323 e. The lowest BCUT2D eigenvalue weighted by Crippen LogP contribution is -2.33. The van der Waals surface area contributed by atoms with Crippen LogP contribution in [0.25, 0.3) is 0 Å². The number of hydrogen-bond acceptors (Lipinski definition) is 2. The molecule has 1 atom stereocenters. The smallest absolute Gasteiger partial charge is 0.248 e. The van der Waals surface area contributed by atoms with Crippen molar-refractivity contribution in [3.05, 3.63) is 21.9 Å². The quantitative estimate of drug-likeness (QED) is 0.807. The molecule has 1 aliphatic rings. The summed E-state index contributed by atoms with van der Waals surface area (Å²) < 4.78 is 27.2. The van der Waals surface area contributed by atoms with Crippen LogP contribution in [0.1, 0.15) is 25.7 Å². The first kappa shape index (κ1) is 14.7. The van der Waals surface area contributed by atoms with Crippen LogP contribution in [0.4, 0.5) is 14.5 Å². The normalized spacial score (nSPS) is 22.0. The Kier molecular flexibility index (Phi) is 4.40. The summed E-state index contributed by atoms with van der Waals surface area (Å²) in [5.41, 5.74) is 0.329. The summed E-state index contributed by atoms with van der Waals surface area (Å²) in [6.45, 7) is 0. The highest BCUT2D eigenvalue weighted by Gasteiger charge is 2.39. The lowest BCUT2D eigenvalue weighted by Gasteiger charge is -2.28. The number of nitrogens with zero attached hydrogens (tertiary/aromatic N) is 1. The van der Waals surface area contributed by atoms with Crippen LogP contribution < -0.4 is 5.32 Å². The van der Waals surface area contributed by atoms with Crippen molar-refractivity contribution in [1.29, 1.82) is 0 Å². The van der Waals surface area contributed by atoms with E-state index in [-0.39, 0.29) is 11.6 Å². The molecule has 1 N–H and O–H groups in total. The van der Waals surface area contributed by atoms with Gasteiger partial charge in [0, 0.05) is 29.4 Å². The van der Waals surface area contributed by atoms with Gasteiger partial charge >= 0.3 is 0 Å². The predicted molar refractivity (Wildman–Crippen MR) is 72.5 cm³/mol. The number of carbonyl (C=O) groups excluding carboxylic acids is 1. The van der Waals surface area contributed by atoms with Crippen LogP contribution in [0.15, 0.2) is 16.7 Å². The Morgan fingerprint density at radius 1 is 1.58 bits per heavy atom. The molecule has 0 saturated heterocycles. The van der Waals surface area contributed by atoms with E-state index in [4.69, 9.17) is 11.6 Å². The van der Waals surface area contributed by atoms with Gasteiger partial charge in [0.05, 0.1) is 5.69 Å². The molecule has 1 aromatic rings. The van der Waals surface area contributed by atoms with E-state index in [2.05, 4.69) is 26.2 Å². The Labute approximate surface area is 122 Å². The molecule has 1 unspecified atom stereocenters. The molecule has 2 rings (SSSR count). The molecule has 0 bridgehead atoms. The highest BCUT2D eigenvalue weighted by molar-refractivity contribution is 9.10. The van der Waals surface area contributed by atoms with Crippen molar-refractivity contribution in [3.63, 3.8) is 0 Å². The summed E-state index contributed by atoms with van der Waals surface area (Å²) >= 11 is 9.05. The van der Waals surface area contributed by atoms with E-state index in [0.717, 1.165) is 0 Å². The number of aromatic nitrogens is 1. The van der Waals surface area contributed by atoms with E-state index < -0.39 is 24.2 Å². The first-order valence-electron chi connectivity index (χ1n) is 5.87. The number of hydrogen-bond donors (Lipinski definition) is 1. The molecular formula is C12H12BrClF2N2O. The first-order valence-corrected chi connectivity index (χ1v) is 7.04. The van der Waals surface area contributed by atoms with Gasteiger partial charge in [-0.05, 0) is 34.8 Å². The van der Waals surface area contributed by atoms with Crippen LogP contribution in [-0.2, 0) is 4.79 Å². The molecule has 1 fully saturated rings. The van der Waals surface area contributed by atoms with E-state index >= 15 is 0 Å². The summed E-state index contributed by atoms with van der Waals surface area (Å²) in [5.74, 6) is -3.86. The second-order valence-electron chi connectivity index (χ2n) is 4.63.